The van der Waals surface area contributed by atoms with E-state index in [-0.39, 0.29) is 12.0 Å². The van der Waals surface area contributed by atoms with Gasteiger partial charge in [-0.15, -0.1) is 5.10 Å². The Hall–Kier alpha value is -2.70. The third kappa shape index (κ3) is 3.79. The number of amides is 1. The molecule has 7 heteroatoms. The van der Waals surface area contributed by atoms with Crippen LogP contribution in [-0.2, 0) is 0 Å². The lowest BCUT2D eigenvalue weighted by atomic mass is 10.1. The van der Waals surface area contributed by atoms with Crippen molar-refractivity contribution in [2.75, 3.05) is 19.7 Å². The van der Waals surface area contributed by atoms with Crippen LogP contribution in [0.25, 0.3) is 0 Å². The molecule has 1 unspecified atom stereocenters. The Kier molecular flexibility index (Phi) is 5.20. The van der Waals surface area contributed by atoms with Crippen molar-refractivity contribution in [2.45, 2.75) is 25.9 Å². The van der Waals surface area contributed by atoms with Crippen LogP contribution in [0.2, 0.25) is 0 Å². The van der Waals surface area contributed by atoms with E-state index in [1.54, 1.807) is 41.6 Å². The number of aromatic nitrogens is 3. The fourth-order valence-corrected chi connectivity index (χ4v) is 2.72. The fourth-order valence-electron chi connectivity index (χ4n) is 2.72. The number of likely N-dealkylation sites (tertiary alicyclic amines) is 1. The van der Waals surface area contributed by atoms with Gasteiger partial charge in [0.1, 0.15) is 11.7 Å². The maximum absolute atomic E-state index is 12.8. The second-order valence-corrected chi connectivity index (χ2v) is 5.48. The van der Waals surface area contributed by atoms with Crippen molar-refractivity contribution in [1.82, 2.24) is 20.1 Å². The molecule has 1 aliphatic heterocycles. The number of ether oxygens (including phenoxy) is 2. The number of carbonyl (C=O) groups excluding carboxylic acids is 1. The second-order valence-electron chi connectivity index (χ2n) is 5.48. The molecule has 3 heterocycles. The molecule has 0 aliphatic carbocycles. The van der Waals surface area contributed by atoms with Crippen LogP contribution in [0.15, 0.2) is 36.7 Å². The molecule has 0 aromatic carbocycles. The highest BCUT2D eigenvalue weighted by Gasteiger charge is 2.27. The summed E-state index contributed by atoms with van der Waals surface area (Å²) in [6.45, 7) is 3.54. The molecule has 24 heavy (non-hydrogen) atoms. The van der Waals surface area contributed by atoms with Crippen molar-refractivity contribution in [3.63, 3.8) is 0 Å². The molecular weight excluding hydrogens is 308 g/mol. The van der Waals surface area contributed by atoms with E-state index in [0.717, 1.165) is 12.8 Å². The standard InChI is InChI=1S/C17H20N4O3/c1-2-23-16-14(7-3-9-18-16)17(22)21-11-5-6-13(12-21)24-15-8-4-10-19-20-15/h3-4,7-10,13H,2,5-6,11-12H2,1H3. The van der Waals surface area contributed by atoms with Crippen molar-refractivity contribution in [2.24, 2.45) is 0 Å². The van der Waals surface area contributed by atoms with Crippen LogP contribution >= 0.6 is 0 Å². The third-order valence-electron chi connectivity index (χ3n) is 3.78. The zero-order valence-corrected chi connectivity index (χ0v) is 13.6. The average Bonchev–Trinajstić information content (AvgIpc) is 2.63. The molecule has 2 aromatic heterocycles. The first-order valence-corrected chi connectivity index (χ1v) is 8.09. The Morgan fingerprint density at radius 3 is 3.00 bits per heavy atom. The topological polar surface area (TPSA) is 77.4 Å². The zero-order chi connectivity index (χ0) is 16.8. The number of piperidine rings is 1. The summed E-state index contributed by atoms with van der Waals surface area (Å²) in [5.41, 5.74) is 0.486. The highest BCUT2D eigenvalue weighted by molar-refractivity contribution is 5.96. The Balaban J connectivity index is 1.69. The average molecular weight is 328 g/mol. The number of rotatable bonds is 5. The number of hydrogen-bond donors (Lipinski definition) is 0. The van der Waals surface area contributed by atoms with E-state index in [9.17, 15) is 4.79 Å². The molecule has 0 spiro atoms. The Labute approximate surface area is 140 Å². The monoisotopic (exact) mass is 328 g/mol. The largest absolute Gasteiger partial charge is 0.477 e. The number of pyridine rings is 1. The normalized spacial score (nSPS) is 17.4. The first kappa shape index (κ1) is 16.2. The molecule has 3 rings (SSSR count). The van der Waals surface area contributed by atoms with E-state index >= 15 is 0 Å². The summed E-state index contributed by atoms with van der Waals surface area (Å²) in [4.78, 5) is 18.7. The quantitative estimate of drug-likeness (QED) is 0.835. The van der Waals surface area contributed by atoms with Gasteiger partial charge in [0.25, 0.3) is 5.91 Å². The van der Waals surface area contributed by atoms with Gasteiger partial charge in [-0.2, -0.15) is 5.10 Å². The molecule has 1 saturated heterocycles. The van der Waals surface area contributed by atoms with Crippen LogP contribution < -0.4 is 9.47 Å². The van der Waals surface area contributed by atoms with Crippen LogP contribution in [0.3, 0.4) is 0 Å². The van der Waals surface area contributed by atoms with Gasteiger partial charge in [-0.1, -0.05) is 0 Å². The van der Waals surface area contributed by atoms with Crippen LogP contribution in [0.4, 0.5) is 0 Å². The number of nitrogens with zero attached hydrogens (tertiary/aromatic N) is 4. The van der Waals surface area contributed by atoms with Gasteiger partial charge < -0.3 is 14.4 Å². The summed E-state index contributed by atoms with van der Waals surface area (Å²) in [5, 5.41) is 7.74. The highest BCUT2D eigenvalue weighted by atomic mass is 16.5. The summed E-state index contributed by atoms with van der Waals surface area (Å²) in [7, 11) is 0. The van der Waals surface area contributed by atoms with E-state index in [2.05, 4.69) is 15.2 Å². The van der Waals surface area contributed by atoms with Crippen LogP contribution in [0, 0.1) is 0 Å². The first-order valence-electron chi connectivity index (χ1n) is 8.09. The van der Waals surface area contributed by atoms with Crippen molar-refractivity contribution in [3.8, 4) is 11.8 Å². The minimum absolute atomic E-state index is 0.0843. The van der Waals surface area contributed by atoms with E-state index in [0.29, 0.717) is 37.0 Å². The molecule has 1 aliphatic rings. The predicted octanol–water partition coefficient (Wildman–Crippen LogP) is 1.95. The molecule has 0 N–H and O–H groups in total. The minimum atomic E-state index is -0.0911. The lowest BCUT2D eigenvalue weighted by Crippen LogP contribution is -2.44. The Morgan fingerprint density at radius 1 is 1.33 bits per heavy atom. The highest BCUT2D eigenvalue weighted by Crippen LogP contribution is 2.21. The summed E-state index contributed by atoms with van der Waals surface area (Å²) >= 11 is 0. The van der Waals surface area contributed by atoms with E-state index < -0.39 is 0 Å². The molecule has 1 amide bonds. The van der Waals surface area contributed by atoms with Crippen molar-refractivity contribution in [3.05, 3.63) is 42.2 Å². The molecule has 126 valence electrons. The summed E-state index contributed by atoms with van der Waals surface area (Å²) in [6, 6.07) is 7.03. The van der Waals surface area contributed by atoms with Gasteiger partial charge in [0.15, 0.2) is 0 Å². The molecule has 0 radical (unpaired) electrons. The van der Waals surface area contributed by atoms with E-state index in [4.69, 9.17) is 9.47 Å². The van der Waals surface area contributed by atoms with E-state index in [1.807, 2.05) is 6.92 Å². The lowest BCUT2D eigenvalue weighted by molar-refractivity contribution is 0.0521. The molecule has 2 aromatic rings. The van der Waals surface area contributed by atoms with Gasteiger partial charge in [0, 0.05) is 25.0 Å². The number of carbonyl (C=O) groups is 1. The first-order chi connectivity index (χ1) is 11.8. The third-order valence-corrected chi connectivity index (χ3v) is 3.78. The second kappa shape index (κ2) is 7.72. The smallest absolute Gasteiger partial charge is 0.259 e. The van der Waals surface area contributed by atoms with Crippen molar-refractivity contribution in [1.29, 1.82) is 0 Å². The van der Waals surface area contributed by atoms with Gasteiger partial charge >= 0.3 is 0 Å². The zero-order valence-electron chi connectivity index (χ0n) is 13.6. The van der Waals surface area contributed by atoms with Crippen molar-refractivity contribution < 1.29 is 14.3 Å². The van der Waals surface area contributed by atoms with E-state index in [1.165, 1.54) is 0 Å². The maximum Gasteiger partial charge on any atom is 0.259 e. The molecule has 1 atom stereocenters. The van der Waals surface area contributed by atoms with Gasteiger partial charge in [-0.25, -0.2) is 4.98 Å². The van der Waals surface area contributed by atoms with Crippen LogP contribution in [0.5, 0.6) is 11.8 Å². The van der Waals surface area contributed by atoms with Gasteiger partial charge in [0.2, 0.25) is 11.8 Å². The Morgan fingerprint density at radius 2 is 2.21 bits per heavy atom. The minimum Gasteiger partial charge on any atom is -0.477 e. The van der Waals surface area contributed by atoms with Gasteiger partial charge in [-0.3, -0.25) is 4.79 Å². The van der Waals surface area contributed by atoms with Crippen molar-refractivity contribution >= 4 is 5.91 Å². The number of hydrogen-bond acceptors (Lipinski definition) is 6. The lowest BCUT2D eigenvalue weighted by Gasteiger charge is -2.32. The molecule has 0 bridgehead atoms. The molecular formula is C17H20N4O3. The molecule has 1 fully saturated rings. The molecule has 0 saturated carbocycles. The summed E-state index contributed by atoms with van der Waals surface area (Å²) < 4.78 is 11.3. The van der Waals surface area contributed by atoms with Gasteiger partial charge in [-0.05, 0) is 38.0 Å². The van der Waals surface area contributed by atoms with Crippen LogP contribution in [0.1, 0.15) is 30.1 Å². The predicted molar refractivity (Wildman–Crippen MR) is 87.0 cm³/mol. The van der Waals surface area contributed by atoms with Gasteiger partial charge in [0.05, 0.1) is 13.2 Å². The molecule has 7 nitrogen and oxygen atoms in total. The van der Waals surface area contributed by atoms with Crippen LogP contribution in [-0.4, -0.2) is 51.8 Å². The SMILES string of the molecule is CCOc1ncccc1C(=O)N1CCCC(Oc2cccnn2)C1. The summed E-state index contributed by atoms with van der Waals surface area (Å²) in [5.74, 6) is 0.772. The summed E-state index contributed by atoms with van der Waals surface area (Å²) in [6.07, 6.45) is 4.89. The fraction of sp³-hybridized carbons (Fsp3) is 0.412. The maximum atomic E-state index is 12.8. The Bertz CT molecular complexity index is 681.